The quantitative estimate of drug-likeness (QED) is 0.537. The molecule has 1 aromatic carbocycles. The zero-order valence-electron chi connectivity index (χ0n) is 17.9. The van der Waals surface area contributed by atoms with E-state index in [0.29, 0.717) is 44.7 Å². The first-order chi connectivity index (χ1) is 14.7. The van der Waals surface area contributed by atoms with E-state index >= 15 is 0 Å². The molecule has 0 aromatic heterocycles. The predicted octanol–water partition coefficient (Wildman–Crippen LogP) is 2.93. The van der Waals surface area contributed by atoms with Crippen LogP contribution in [0, 0.1) is 33.3 Å². The second-order valence-electron chi connectivity index (χ2n) is 9.71. The highest BCUT2D eigenvalue weighted by molar-refractivity contribution is 7.89. The van der Waals surface area contributed by atoms with Gasteiger partial charge in [0.1, 0.15) is 0 Å². The molecule has 1 aromatic rings. The highest BCUT2D eigenvalue weighted by atomic mass is 32.2. The Bertz CT molecular complexity index is 920. The van der Waals surface area contributed by atoms with Gasteiger partial charge in [-0.15, -0.1) is 0 Å². The summed E-state index contributed by atoms with van der Waals surface area (Å²) in [4.78, 5) is 10.4. The van der Waals surface area contributed by atoms with E-state index in [1.165, 1.54) is 28.6 Å². The number of hydrogen-bond acceptors (Lipinski definition) is 6. The molecule has 2 saturated carbocycles. The van der Waals surface area contributed by atoms with Crippen LogP contribution >= 0.6 is 0 Å². The van der Waals surface area contributed by atoms with Gasteiger partial charge in [0.05, 0.1) is 22.0 Å². The molecule has 172 valence electrons. The van der Waals surface area contributed by atoms with Gasteiger partial charge in [0.15, 0.2) is 0 Å². The lowest BCUT2D eigenvalue weighted by molar-refractivity contribution is -0.384. The zero-order chi connectivity index (χ0) is 22.4. The molecule has 0 amide bonds. The number of rotatable bonds is 3. The summed E-state index contributed by atoms with van der Waals surface area (Å²) in [5.41, 5.74) is -0.463. The third-order valence-corrected chi connectivity index (χ3v) is 9.91. The summed E-state index contributed by atoms with van der Waals surface area (Å²) < 4.78 is 27.9. The van der Waals surface area contributed by atoms with E-state index in [2.05, 4.69) is 6.92 Å². The summed E-state index contributed by atoms with van der Waals surface area (Å²) in [6.07, 6.45) is 4.22. The summed E-state index contributed by atoms with van der Waals surface area (Å²) in [5, 5.41) is 32.9. The van der Waals surface area contributed by atoms with Gasteiger partial charge in [0.2, 0.25) is 10.0 Å². The van der Waals surface area contributed by atoms with Gasteiger partial charge >= 0.3 is 0 Å². The average Bonchev–Trinajstić information content (AvgIpc) is 3.03. The molecule has 4 rings (SSSR count). The van der Waals surface area contributed by atoms with Gasteiger partial charge in [-0.2, -0.15) is 4.31 Å². The van der Waals surface area contributed by atoms with Crippen LogP contribution in [0.1, 0.15) is 51.9 Å². The Morgan fingerprint density at radius 2 is 1.77 bits per heavy atom. The van der Waals surface area contributed by atoms with E-state index < -0.39 is 27.2 Å². The summed E-state index contributed by atoms with van der Waals surface area (Å²) in [5.74, 6) is 0.717. The number of sulfonamides is 1. The molecular formula is C22H32N2O6S. The van der Waals surface area contributed by atoms with Crippen molar-refractivity contribution in [2.75, 3.05) is 13.1 Å². The van der Waals surface area contributed by atoms with Crippen molar-refractivity contribution in [3.63, 3.8) is 0 Å². The fourth-order valence-corrected chi connectivity index (χ4v) is 8.18. The number of aliphatic hydroxyl groups is 2. The Hall–Kier alpha value is -1.55. The second kappa shape index (κ2) is 8.42. The van der Waals surface area contributed by atoms with Gasteiger partial charge in [-0.25, -0.2) is 8.42 Å². The lowest BCUT2D eigenvalue weighted by Crippen LogP contribution is -2.49. The van der Waals surface area contributed by atoms with Gasteiger partial charge in [0.25, 0.3) is 5.69 Å². The van der Waals surface area contributed by atoms with Crippen molar-refractivity contribution >= 4 is 15.7 Å². The van der Waals surface area contributed by atoms with Crippen molar-refractivity contribution in [2.24, 2.45) is 23.2 Å². The van der Waals surface area contributed by atoms with Crippen molar-refractivity contribution < 1.29 is 23.6 Å². The van der Waals surface area contributed by atoms with E-state index in [9.17, 15) is 28.7 Å². The Kier molecular flexibility index (Phi) is 6.15. The van der Waals surface area contributed by atoms with Gasteiger partial charge in [-0.3, -0.25) is 10.1 Å². The summed E-state index contributed by atoms with van der Waals surface area (Å²) in [7, 11) is -3.77. The molecule has 1 aliphatic heterocycles. The highest BCUT2D eigenvalue weighted by Crippen LogP contribution is 2.60. The Balaban J connectivity index is 1.56. The first-order valence-corrected chi connectivity index (χ1v) is 12.7. The maximum absolute atomic E-state index is 13.2. The van der Waals surface area contributed by atoms with E-state index in [1.54, 1.807) is 0 Å². The maximum atomic E-state index is 13.2. The molecule has 3 unspecified atom stereocenters. The van der Waals surface area contributed by atoms with Crippen LogP contribution in [0.4, 0.5) is 5.69 Å². The molecule has 0 radical (unpaired) electrons. The standard InChI is InChI=1S/C22H32N2O6S/c1-15-12-16-14-20(25)19-4-2-10-23(11-3-9-22(16,19)21(26)13-15)31(29,30)18-7-5-17(6-8-18)24(27)28/h5-8,15-16,19-21,25-26H,2-4,9-14H2,1H3/t15?,16-,19+,20-,21?,22?/m0/s1. The van der Waals surface area contributed by atoms with Gasteiger partial charge in [0, 0.05) is 30.6 Å². The van der Waals surface area contributed by atoms with Crippen LogP contribution < -0.4 is 0 Å². The van der Waals surface area contributed by atoms with E-state index in [4.69, 9.17) is 0 Å². The minimum atomic E-state index is -3.77. The number of nitrogens with zero attached hydrogens (tertiary/aromatic N) is 2. The topological polar surface area (TPSA) is 121 Å². The SMILES string of the molecule is CC1CC(O)C23CCCN(S(=O)(=O)c4ccc([N+](=O)[O-])cc4)CCC[C@@H]2[C@@H](O)C[C@@H]3C1. The van der Waals surface area contributed by atoms with Gasteiger partial charge in [-0.05, 0) is 74.8 Å². The van der Waals surface area contributed by atoms with Crippen molar-refractivity contribution in [1.82, 2.24) is 4.31 Å². The molecule has 6 atom stereocenters. The summed E-state index contributed by atoms with van der Waals surface area (Å²) in [6.45, 7) is 2.85. The molecule has 8 nitrogen and oxygen atoms in total. The fraction of sp³-hybridized carbons (Fsp3) is 0.727. The molecule has 2 aliphatic carbocycles. The third-order valence-electron chi connectivity index (χ3n) is 8.00. The molecule has 3 aliphatic rings. The minimum Gasteiger partial charge on any atom is -0.393 e. The van der Waals surface area contributed by atoms with Crippen LogP contribution in [0.25, 0.3) is 0 Å². The molecule has 31 heavy (non-hydrogen) atoms. The zero-order valence-corrected chi connectivity index (χ0v) is 18.7. The van der Waals surface area contributed by atoms with Crippen LogP contribution in [-0.2, 0) is 10.0 Å². The fourth-order valence-electron chi connectivity index (χ4n) is 6.66. The van der Waals surface area contributed by atoms with Crippen LogP contribution in [0.5, 0.6) is 0 Å². The van der Waals surface area contributed by atoms with Gasteiger partial charge in [-0.1, -0.05) is 6.92 Å². The first kappa shape index (κ1) is 22.6. The molecule has 1 heterocycles. The number of nitro groups is 1. The molecular weight excluding hydrogens is 420 g/mol. The number of aliphatic hydroxyl groups excluding tert-OH is 2. The molecule has 2 N–H and O–H groups in total. The monoisotopic (exact) mass is 452 g/mol. The van der Waals surface area contributed by atoms with Gasteiger partial charge < -0.3 is 10.2 Å². The smallest absolute Gasteiger partial charge is 0.269 e. The molecule has 1 spiro atoms. The highest BCUT2D eigenvalue weighted by Gasteiger charge is 2.59. The molecule has 0 bridgehead atoms. The van der Waals surface area contributed by atoms with Crippen molar-refractivity contribution in [3.8, 4) is 0 Å². The van der Waals surface area contributed by atoms with Crippen LogP contribution in [0.15, 0.2) is 29.2 Å². The number of non-ortho nitro benzene ring substituents is 1. The van der Waals surface area contributed by atoms with Crippen LogP contribution in [0.3, 0.4) is 0 Å². The number of benzene rings is 1. The second-order valence-corrected chi connectivity index (χ2v) is 11.7. The van der Waals surface area contributed by atoms with Crippen molar-refractivity contribution in [3.05, 3.63) is 34.4 Å². The van der Waals surface area contributed by atoms with Crippen molar-refractivity contribution in [1.29, 1.82) is 0 Å². The summed E-state index contributed by atoms with van der Waals surface area (Å²) >= 11 is 0. The lowest BCUT2D eigenvalue weighted by atomic mass is 9.57. The van der Waals surface area contributed by atoms with Crippen LogP contribution in [0.2, 0.25) is 0 Å². The van der Waals surface area contributed by atoms with E-state index in [0.717, 1.165) is 19.3 Å². The normalized spacial score (nSPS) is 37.2. The molecule has 3 fully saturated rings. The van der Waals surface area contributed by atoms with E-state index in [1.807, 2.05) is 0 Å². The minimum absolute atomic E-state index is 0.00188. The number of nitro benzene ring substituents is 1. The van der Waals surface area contributed by atoms with E-state index in [-0.39, 0.29) is 27.8 Å². The molecule has 9 heteroatoms. The summed E-state index contributed by atoms with van der Waals surface area (Å²) in [6, 6.07) is 5.01. The largest absolute Gasteiger partial charge is 0.393 e. The van der Waals surface area contributed by atoms with Crippen LogP contribution in [-0.4, -0.2) is 53.2 Å². The predicted molar refractivity (Wildman–Crippen MR) is 115 cm³/mol. The molecule has 1 saturated heterocycles. The number of hydrogen-bond donors (Lipinski definition) is 2. The average molecular weight is 453 g/mol. The van der Waals surface area contributed by atoms with Crippen molar-refractivity contribution in [2.45, 2.75) is 69.0 Å². The third kappa shape index (κ3) is 3.90. The lowest BCUT2D eigenvalue weighted by Gasteiger charge is -2.49. The Morgan fingerprint density at radius 1 is 1.10 bits per heavy atom. The Morgan fingerprint density at radius 3 is 2.45 bits per heavy atom. The Labute approximate surface area is 183 Å². The first-order valence-electron chi connectivity index (χ1n) is 11.3. The maximum Gasteiger partial charge on any atom is 0.269 e.